The number of nitrogens with zero attached hydrogens (tertiary/aromatic N) is 3. The van der Waals surface area contributed by atoms with E-state index < -0.39 is 0 Å². The second kappa shape index (κ2) is 4.83. The van der Waals surface area contributed by atoms with Crippen LogP contribution in [0.4, 0.5) is 0 Å². The lowest BCUT2D eigenvalue weighted by molar-refractivity contribution is 1.30. The monoisotopic (exact) mass is 313 g/mol. The average Bonchev–Trinajstić information content (AvgIpc) is 2.99. The first kappa shape index (κ1) is 12.7. The third-order valence-corrected chi connectivity index (χ3v) is 5.05. The van der Waals surface area contributed by atoms with Crippen LogP contribution in [0.15, 0.2) is 67.0 Å². The first-order chi connectivity index (χ1) is 11.4. The Bertz CT molecular complexity index is 1180. The minimum atomic E-state index is 0.895. The van der Waals surface area contributed by atoms with Crippen LogP contribution in [-0.2, 0) is 0 Å². The lowest BCUT2D eigenvalue weighted by Gasteiger charge is -2.03. The molecule has 0 unspecified atom stereocenters. The molecule has 0 aliphatic carbocycles. The van der Waals surface area contributed by atoms with Gasteiger partial charge in [-0.15, -0.1) is 11.3 Å². The molecule has 5 aromatic rings. The number of thiophene rings is 1. The van der Waals surface area contributed by atoms with Crippen molar-refractivity contribution in [2.75, 3.05) is 0 Å². The van der Waals surface area contributed by atoms with Crippen molar-refractivity contribution in [3.63, 3.8) is 0 Å². The van der Waals surface area contributed by atoms with Crippen LogP contribution in [0, 0.1) is 0 Å². The molecule has 0 aliphatic rings. The molecule has 0 radical (unpaired) electrons. The maximum Gasteiger partial charge on any atom is 0.126 e. The van der Waals surface area contributed by atoms with Crippen LogP contribution in [0.2, 0.25) is 0 Å². The molecule has 23 heavy (non-hydrogen) atoms. The standard InChI is InChI=1S/C19H11N3S/c1-2-5-13-11-21-16(10-12(13)4-1)15-7-8-17-18(22-15)14-6-3-9-20-19(14)23-17/h1-11H. The number of aromatic nitrogens is 3. The SMILES string of the molecule is c1ccc2cc(-c3ccc4sc5ncccc5c4n3)ncc2c1. The molecule has 0 spiro atoms. The molecular weight excluding hydrogens is 302 g/mol. The van der Waals surface area contributed by atoms with Gasteiger partial charge in [-0.25, -0.2) is 9.97 Å². The number of hydrogen-bond donors (Lipinski definition) is 0. The third kappa shape index (κ3) is 1.99. The second-order valence-corrected chi connectivity index (χ2v) is 6.45. The Morgan fingerprint density at radius 2 is 1.70 bits per heavy atom. The summed E-state index contributed by atoms with van der Waals surface area (Å²) >= 11 is 1.67. The van der Waals surface area contributed by atoms with Gasteiger partial charge in [0.05, 0.1) is 21.6 Å². The second-order valence-electron chi connectivity index (χ2n) is 5.42. The van der Waals surface area contributed by atoms with Crippen molar-refractivity contribution >= 4 is 42.5 Å². The summed E-state index contributed by atoms with van der Waals surface area (Å²) in [5.74, 6) is 0. The molecule has 0 amide bonds. The number of pyridine rings is 3. The quantitative estimate of drug-likeness (QED) is 0.434. The van der Waals surface area contributed by atoms with E-state index in [2.05, 4.69) is 40.3 Å². The Hall–Kier alpha value is -2.85. The Morgan fingerprint density at radius 1 is 0.783 bits per heavy atom. The summed E-state index contributed by atoms with van der Waals surface area (Å²) in [6.45, 7) is 0. The molecule has 4 heterocycles. The Kier molecular flexibility index (Phi) is 2.66. The Balaban J connectivity index is 1.76. The summed E-state index contributed by atoms with van der Waals surface area (Å²) in [4.78, 5) is 14.9. The molecule has 108 valence electrons. The number of benzene rings is 1. The molecular formula is C19H11N3S. The maximum atomic E-state index is 4.85. The van der Waals surface area contributed by atoms with Crippen molar-refractivity contribution in [1.29, 1.82) is 0 Å². The average molecular weight is 313 g/mol. The van der Waals surface area contributed by atoms with E-state index in [1.54, 1.807) is 11.3 Å². The molecule has 3 nitrogen and oxygen atoms in total. The van der Waals surface area contributed by atoms with Gasteiger partial charge >= 0.3 is 0 Å². The van der Waals surface area contributed by atoms with Gasteiger partial charge in [0, 0.05) is 23.2 Å². The van der Waals surface area contributed by atoms with E-state index >= 15 is 0 Å². The van der Waals surface area contributed by atoms with Crippen LogP contribution in [-0.4, -0.2) is 15.0 Å². The van der Waals surface area contributed by atoms with E-state index in [4.69, 9.17) is 4.98 Å². The summed E-state index contributed by atoms with van der Waals surface area (Å²) in [7, 11) is 0. The minimum absolute atomic E-state index is 0.895. The Labute approximate surface area is 136 Å². The van der Waals surface area contributed by atoms with Crippen molar-refractivity contribution < 1.29 is 0 Å². The zero-order valence-corrected chi connectivity index (χ0v) is 12.9. The molecule has 0 atom stereocenters. The zero-order valence-electron chi connectivity index (χ0n) is 12.1. The molecule has 0 fully saturated rings. The molecule has 5 rings (SSSR count). The lowest BCUT2D eigenvalue weighted by atomic mass is 10.1. The topological polar surface area (TPSA) is 38.7 Å². The first-order valence-electron chi connectivity index (χ1n) is 7.38. The summed E-state index contributed by atoms with van der Waals surface area (Å²) in [5.41, 5.74) is 2.80. The van der Waals surface area contributed by atoms with Crippen molar-refractivity contribution in [1.82, 2.24) is 15.0 Å². The number of hydrogen-bond acceptors (Lipinski definition) is 4. The molecule has 0 aliphatic heterocycles. The highest BCUT2D eigenvalue weighted by molar-refractivity contribution is 7.25. The van der Waals surface area contributed by atoms with Crippen molar-refractivity contribution in [2.24, 2.45) is 0 Å². The molecule has 1 aromatic carbocycles. The summed E-state index contributed by atoms with van der Waals surface area (Å²) < 4.78 is 1.16. The maximum absolute atomic E-state index is 4.85. The molecule has 0 N–H and O–H groups in total. The van der Waals surface area contributed by atoms with Gasteiger partial charge in [-0.1, -0.05) is 24.3 Å². The highest BCUT2D eigenvalue weighted by atomic mass is 32.1. The fourth-order valence-electron chi connectivity index (χ4n) is 2.84. The van der Waals surface area contributed by atoms with Crippen LogP contribution in [0.3, 0.4) is 0 Å². The van der Waals surface area contributed by atoms with Crippen LogP contribution >= 0.6 is 11.3 Å². The van der Waals surface area contributed by atoms with Crippen LogP contribution in [0.5, 0.6) is 0 Å². The minimum Gasteiger partial charge on any atom is -0.254 e. The van der Waals surface area contributed by atoms with E-state index in [1.807, 2.05) is 36.7 Å². The lowest BCUT2D eigenvalue weighted by Crippen LogP contribution is -1.87. The van der Waals surface area contributed by atoms with Gasteiger partial charge in [-0.2, -0.15) is 0 Å². The van der Waals surface area contributed by atoms with Crippen molar-refractivity contribution in [3.8, 4) is 11.4 Å². The summed E-state index contributed by atoms with van der Waals surface area (Å²) in [5, 5.41) is 3.42. The van der Waals surface area contributed by atoms with Crippen LogP contribution in [0.25, 0.3) is 42.6 Å². The summed E-state index contributed by atoms with van der Waals surface area (Å²) in [6.07, 6.45) is 3.73. The largest absolute Gasteiger partial charge is 0.254 e. The van der Waals surface area contributed by atoms with Gasteiger partial charge in [0.15, 0.2) is 0 Å². The normalized spacial score (nSPS) is 11.5. The third-order valence-electron chi connectivity index (χ3n) is 3.98. The van der Waals surface area contributed by atoms with Gasteiger partial charge < -0.3 is 0 Å². The van der Waals surface area contributed by atoms with E-state index in [0.29, 0.717) is 0 Å². The molecule has 0 saturated heterocycles. The predicted molar refractivity (Wildman–Crippen MR) is 95.7 cm³/mol. The van der Waals surface area contributed by atoms with Crippen LogP contribution < -0.4 is 0 Å². The molecule has 4 aromatic heterocycles. The van der Waals surface area contributed by atoms with Crippen LogP contribution in [0.1, 0.15) is 0 Å². The fourth-order valence-corrected chi connectivity index (χ4v) is 3.83. The summed E-state index contributed by atoms with van der Waals surface area (Å²) in [6, 6.07) is 18.5. The zero-order chi connectivity index (χ0) is 15.2. The first-order valence-corrected chi connectivity index (χ1v) is 8.19. The van der Waals surface area contributed by atoms with Gasteiger partial charge in [0.1, 0.15) is 4.83 Å². The number of fused-ring (bicyclic) bond motifs is 4. The van der Waals surface area contributed by atoms with Crippen molar-refractivity contribution in [2.45, 2.75) is 0 Å². The van der Waals surface area contributed by atoms with E-state index in [1.165, 1.54) is 5.39 Å². The molecule has 0 saturated carbocycles. The molecule has 4 heteroatoms. The smallest absolute Gasteiger partial charge is 0.126 e. The highest BCUT2D eigenvalue weighted by Crippen LogP contribution is 2.32. The number of rotatable bonds is 1. The highest BCUT2D eigenvalue weighted by Gasteiger charge is 2.09. The van der Waals surface area contributed by atoms with Gasteiger partial charge in [0.25, 0.3) is 0 Å². The predicted octanol–water partition coefficient (Wildman–Crippen LogP) is 5.06. The fraction of sp³-hybridized carbons (Fsp3) is 0. The Morgan fingerprint density at radius 3 is 2.65 bits per heavy atom. The molecule has 0 bridgehead atoms. The van der Waals surface area contributed by atoms with E-state index in [0.717, 1.165) is 37.2 Å². The van der Waals surface area contributed by atoms with E-state index in [9.17, 15) is 0 Å². The van der Waals surface area contributed by atoms with Gasteiger partial charge in [-0.05, 0) is 35.7 Å². The van der Waals surface area contributed by atoms with E-state index in [-0.39, 0.29) is 0 Å². The van der Waals surface area contributed by atoms with Crippen molar-refractivity contribution in [3.05, 3.63) is 67.0 Å². The van der Waals surface area contributed by atoms with Gasteiger partial charge in [0.2, 0.25) is 0 Å². The van der Waals surface area contributed by atoms with Gasteiger partial charge in [-0.3, -0.25) is 4.98 Å².